The van der Waals surface area contributed by atoms with Crippen LogP contribution in [0.25, 0.3) is 0 Å². The number of amides is 10. The molecule has 10 rings (SSSR count). The van der Waals surface area contributed by atoms with Crippen molar-refractivity contribution in [2.75, 3.05) is 178 Å². The van der Waals surface area contributed by atoms with Crippen LogP contribution in [0.1, 0.15) is 171 Å². The van der Waals surface area contributed by atoms with Crippen LogP contribution < -0.4 is 79.2 Å². The number of nitrogens with zero attached hydrogens (tertiary/aromatic N) is 5. The lowest BCUT2D eigenvalue weighted by Gasteiger charge is -2.18. The molecule has 14 N–H and O–H groups in total. The molecule has 4 fully saturated rings. The van der Waals surface area contributed by atoms with Crippen molar-refractivity contribution in [2.24, 2.45) is 11.8 Å². The Morgan fingerprint density at radius 1 is 0.493 bits per heavy atom. The van der Waals surface area contributed by atoms with Crippen molar-refractivity contribution in [3.05, 3.63) is 157 Å². The van der Waals surface area contributed by atoms with Gasteiger partial charge in [0, 0.05) is 193 Å². The summed E-state index contributed by atoms with van der Waals surface area (Å²) in [7, 11) is 1.96. The smallest absolute Gasteiger partial charge is 0.315 e. The Morgan fingerprint density at radius 2 is 0.979 bits per heavy atom. The van der Waals surface area contributed by atoms with Crippen molar-refractivity contribution in [1.29, 1.82) is 0 Å². The number of hydrogen-bond acceptors (Lipinski definition) is 27. The summed E-state index contributed by atoms with van der Waals surface area (Å²) in [5.41, 5.74) is 6.20. The topological polar surface area (TPSA) is 459 Å². The van der Waals surface area contributed by atoms with Gasteiger partial charge < -0.3 is 112 Å². The molecule has 3 aliphatic heterocycles. The molecule has 36 nitrogen and oxygen atoms in total. The van der Waals surface area contributed by atoms with E-state index < -0.39 is 5.82 Å². The first kappa shape index (κ1) is 112. The number of nitrogens with one attached hydrogen (secondary N) is 14. The zero-order valence-electron chi connectivity index (χ0n) is 81.5. The van der Waals surface area contributed by atoms with Crippen molar-refractivity contribution < 1.29 is 85.5 Å². The van der Waals surface area contributed by atoms with Crippen molar-refractivity contribution in [3.63, 3.8) is 0 Å². The average molecular weight is 1960 g/mol. The van der Waals surface area contributed by atoms with Crippen molar-refractivity contribution in [3.8, 4) is 5.75 Å². The first-order valence-electron chi connectivity index (χ1n) is 49.4. The Bertz CT molecular complexity index is 4850. The third-order valence-corrected chi connectivity index (χ3v) is 24.9. The Hall–Kier alpha value is -11.8. The summed E-state index contributed by atoms with van der Waals surface area (Å²) in [4.78, 5) is 140. The van der Waals surface area contributed by atoms with E-state index in [1.807, 2.05) is 105 Å². The fraction of sp³-hybridized carbons (Fsp3) is 0.549. The largest absolute Gasteiger partial charge is 0.493 e. The molecule has 6 aromatic rings. The fourth-order valence-corrected chi connectivity index (χ4v) is 17.6. The number of carbonyl (C=O) groups is 10. The zero-order valence-corrected chi connectivity index (χ0v) is 82.3. The van der Waals surface area contributed by atoms with Gasteiger partial charge in [-0.3, -0.25) is 43.2 Å². The summed E-state index contributed by atoms with van der Waals surface area (Å²) in [6.07, 6.45) is 24.7. The monoisotopic (exact) mass is 1960 g/mol. The Balaban J connectivity index is 0.000000313. The second kappa shape index (κ2) is 66.0. The van der Waals surface area contributed by atoms with Crippen LogP contribution in [-0.4, -0.2) is 258 Å². The molecule has 0 bridgehead atoms. The first-order chi connectivity index (χ1) is 68.1. The van der Waals surface area contributed by atoms with Gasteiger partial charge in [-0.25, -0.2) is 19.2 Å². The van der Waals surface area contributed by atoms with E-state index in [1.54, 1.807) is 36.5 Å². The quantitative estimate of drug-likeness (QED) is 0.00958. The van der Waals surface area contributed by atoms with Crippen molar-refractivity contribution in [2.45, 2.75) is 198 Å². The van der Waals surface area contributed by atoms with Crippen LogP contribution in [0.5, 0.6) is 5.75 Å². The molecule has 0 radical (unpaired) electrons. The number of urea groups is 1. The lowest BCUT2D eigenvalue weighted by Crippen LogP contribution is -2.36. The molecule has 10 amide bonds. The van der Waals surface area contributed by atoms with Gasteiger partial charge in [0.1, 0.15) is 11.6 Å². The number of unbranched alkanes of at least 4 members (excludes halogenated alkanes) is 3. The van der Waals surface area contributed by atoms with E-state index in [0.717, 1.165) is 117 Å². The number of ether oxygens (including phenoxy) is 7. The van der Waals surface area contributed by atoms with E-state index >= 15 is 0 Å². The highest BCUT2D eigenvalue weighted by molar-refractivity contribution is 8.00. The number of fused-ring (bicyclic) bond motifs is 2. The number of benzene rings is 4. The summed E-state index contributed by atoms with van der Waals surface area (Å²) >= 11 is 1.90. The van der Waals surface area contributed by atoms with Crippen LogP contribution in [0.4, 0.5) is 61.2 Å². The van der Waals surface area contributed by atoms with E-state index in [9.17, 15) is 52.3 Å². The molecule has 1 saturated carbocycles. The minimum atomic E-state index is -0.587. The van der Waals surface area contributed by atoms with Gasteiger partial charge in [0.05, 0.1) is 77.7 Å². The summed E-state index contributed by atoms with van der Waals surface area (Å²) < 4.78 is 53.8. The zero-order chi connectivity index (χ0) is 99.4. The number of halogens is 1. The van der Waals surface area contributed by atoms with Gasteiger partial charge in [0.2, 0.25) is 59.2 Å². The molecule has 764 valence electrons. The minimum Gasteiger partial charge on any atom is -0.493 e. The van der Waals surface area contributed by atoms with Gasteiger partial charge in [-0.2, -0.15) is 21.7 Å². The fourth-order valence-electron chi connectivity index (χ4n) is 16.1. The number of likely N-dealkylation sites (N-methyl/N-ethyl adjacent to an activating group) is 1. The van der Waals surface area contributed by atoms with Crippen molar-refractivity contribution in [1.82, 2.24) is 72.7 Å². The maximum Gasteiger partial charge on any atom is 0.315 e. The molecular formula is C102H146FN19O17S. The number of aromatic nitrogens is 4. The molecule has 1 aliphatic carbocycles. The standard InChI is InChI=1S/C51H74FN11O8S.C51H72N8O9/c1-37-13-7-14-38(33-37)58-49-41(52)35-56-50(62-49)59-40-16-8-15-39(34-40)57-47(67)21-10-26-63(2)25-6-5-22-53-45(65)19-9-20-46(66)55-24-12-28-70-30-32-71-31-29-69-27-11-23-54-44(64)18-4-3-17-43-48-42(36-72-43)60-51(68)61-48;1-3-43(60)33-38-12-6-14-41(32-38)56-50-37(2)36-55-51(59-50)57-42-15-7-16-44(35-42)68-27-11-24-54-47(63)19-8-18-46(62)53-23-10-26-66-29-31-67-30-28-65-25-9-22-52-45(61)17-5-4-13-39-20-21-40-34-48(64)58-49(39)40/h7-8,10,13-16,21,33-35,42-43,48H,3-6,9,11-12,17-20,22-32,36H2,1-2H3,(H,53,65)(H,54,64)(H,55,66)(H,57,67)(H2,60,61,68)(H2,56,58,59,62);3,6-7,12,14-16,32,35-36,39-40,49H,1,4-5,8-11,13,17-31,33-34H2,2H3,(H,52,61)(H,53,62)(H,54,63)(H,58,64)(H2,55,56,57,59)/b21-10+;/t42-,43-,48-;39-,40-,49-/m01/s1. The molecular weight excluding hydrogens is 1810 g/mol. The van der Waals surface area contributed by atoms with Crippen LogP contribution in [0, 0.1) is 31.5 Å². The molecule has 4 aromatic carbocycles. The molecule has 2 aromatic heterocycles. The molecule has 5 heterocycles. The Kier molecular flexibility index (Phi) is 52.7. The van der Waals surface area contributed by atoms with Crippen LogP contribution in [0.15, 0.2) is 134 Å². The Labute approximate surface area is 826 Å². The average Bonchev–Trinajstić information content (AvgIpc) is 1.66. The predicted molar refractivity (Wildman–Crippen MR) is 540 cm³/mol. The lowest BCUT2D eigenvalue weighted by molar-refractivity contribution is -0.124. The number of aryl methyl sites for hydroxylation is 2. The van der Waals surface area contributed by atoms with Gasteiger partial charge in [0.15, 0.2) is 17.4 Å². The Morgan fingerprint density at radius 3 is 1.56 bits per heavy atom. The third kappa shape index (κ3) is 46.5. The van der Waals surface area contributed by atoms with E-state index in [0.29, 0.717) is 241 Å². The van der Waals surface area contributed by atoms with Gasteiger partial charge in [-0.05, 0) is 207 Å². The summed E-state index contributed by atoms with van der Waals surface area (Å²) in [5.74, 6) is 3.03. The van der Waals surface area contributed by atoms with Crippen LogP contribution in [0.2, 0.25) is 0 Å². The summed E-state index contributed by atoms with van der Waals surface area (Å²) in [6, 6.07) is 30.4. The molecule has 0 spiro atoms. The second-order valence-electron chi connectivity index (χ2n) is 35.1. The van der Waals surface area contributed by atoms with Crippen LogP contribution in [0.3, 0.4) is 0 Å². The number of carbonyl (C=O) groups excluding carboxylic acids is 10. The van der Waals surface area contributed by atoms with E-state index in [1.165, 1.54) is 18.6 Å². The van der Waals surface area contributed by atoms with Gasteiger partial charge in [-0.1, -0.05) is 61.9 Å². The highest BCUT2D eigenvalue weighted by atomic mass is 32.2. The summed E-state index contributed by atoms with van der Waals surface area (Å²) in [5, 5.41) is 42.4. The molecule has 3 saturated heterocycles. The van der Waals surface area contributed by atoms with E-state index in [2.05, 4.69) is 106 Å². The number of thioether (sulfide) groups is 1. The minimum absolute atomic E-state index is 0.0371. The van der Waals surface area contributed by atoms with Gasteiger partial charge >= 0.3 is 6.03 Å². The van der Waals surface area contributed by atoms with Crippen LogP contribution in [-0.2, 0) is 78.0 Å². The van der Waals surface area contributed by atoms with Crippen molar-refractivity contribution >= 4 is 123 Å². The maximum atomic E-state index is 14.5. The molecule has 6 atom stereocenters. The number of rotatable bonds is 71. The van der Waals surface area contributed by atoms with Gasteiger partial charge in [0.25, 0.3) is 0 Å². The highest BCUT2D eigenvalue weighted by Crippen LogP contribution is 2.40. The summed E-state index contributed by atoms with van der Waals surface area (Å²) in [6.45, 7) is 18.1. The molecule has 38 heteroatoms. The number of ketones is 1. The predicted octanol–water partition coefficient (Wildman–Crippen LogP) is 11.9. The maximum absolute atomic E-state index is 14.5. The third-order valence-electron chi connectivity index (χ3n) is 23.4. The lowest BCUT2D eigenvalue weighted by atomic mass is 9.94. The number of allylic oxidation sites excluding steroid dienone is 1. The van der Waals surface area contributed by atoms with E-state index in [-0.39, 0.29) is 115 Å². The number of hydrogen-bond donors (Lipinski definition) is 14. The molecule has 0 unspecified atom stereocenters. The normalized spacial score (nSPS) is 16.0. The highest BCUT2D eigenvalue weighted by Gasteiger charge is 2.43. The second-order valence-corrected chi connectivity index (χ2v) is 36.4. The molecule has 140 heavy (non-hydrogen) atoms. The van der Waals surface area contributed by atoms with E-state index in [4.69, 9.17) is 33.2 Å². The first-order valence-corrected chi connectivity index (χ1v) is 50.5. The SMILES string of the molecule is C=CC(=O)Cc1cccc(Nc2nc(Nc3cccc(OCCCNC(=O)CCCC(=O)NCCCOCCOCCOCCCNC(=O)CCCC[C@@H]4CC[C@@H]5CC(=O)N[C@H]45)c3)ncc2C)c1.Cc1cccc(Nc2nc(Nc3cccc(NC(=O)/C=C/CN(C)CCCCNC(=O)CCCC(=O)NCCCOCCOCCOCCCNC(=O)CCCC[C@@H]4SC[C@@H]5NC(=O)N[C@@H]54)c3)ncc2F)c1. The molecule has 4 aliphatic rings. The number of anilines is 9. The van der Waals surface area contributed by atoms with Crippen LogP contribution >= 0.6 is 11.8 Å². The van der Waals surface area contributed by atoms with Gasteiger partial charge in [-0.15, -0.1) is 0 Å².